The highest BCUT2D eigenvalue weighted by Crippen LogP contribution is 2.36. The molecule has 0 amide bonds. The van der Waals surface area contributed by atoms with Crippen LogP contribution in [0.4, 0.5) is 0 Å². The van der Waals surface area contributed by atoms with Crippen molar-refractivity contribution in [2.75, 3.05) is 6.54 Å². The number of nitrogens with one attached hydrogen (secondary N) is 1. The standard InChI is InChI=1S/C12H13BrClNOS/c1-3-15-11(9-4-5-10(14)16-9)12-8(13)6-7(2)17-12/h4-6,11,15H,3H2,1-2H3. The highest BCUT2D eigenvalue weighted by atomic mass is 79.9. The fourth-order valence-electron chi connectivity index (χ4n) is 1.71. The normalized spacial score (nSPS) is 12.9. The van der Waals surface area contributed by atoms with Crippen LogP contribution < -0.4 is 5.32 Å². The van der Waals surface area contributed by atoms with Gasteiger partial charge in [0.15, 0.2) is 5.22 Å². The summed E-state index contributed by atoms with van der Waals surface area (Å²) in [5.41, 5.74) is 0. The van der Waals surface area contributed by atoms with Gasteiger partial charge in [0.25, 0.3) is 0 Å². The van der Waals surface area contributed by atoms with Gasteiger partial charge >= 0.3 is 0 Å². The van der Waals surface area contributed by atoms with Gasteiger partial charge in [0, 0.05) is 14.2 Å². The first-order valence-corrected chi connectivity index (χ1v) is 7.35. The summed E-state index contributed by atoms with van der Waals surface area (Å²) in [6, 6.07) is 5.86. The first-order valence-electron chi connectivity index (χ1n) is 5.36. The minimum absolute atomic E-state index is 0.0561. The van der Waals surface area contributed by atoms with Crippen molar-refractivity contribution in [1.82, 2.24) is 5.32 Å². The molecule has 0 aromatic carbocycles. The molecule has 0 radical (unpaired) electrons. The van der Waals surface area contributed by atoms with Crippen molar-refractivity contribution in [2.45, 2.75) is 19.9 Å². The molecule has 1 unspecified atom stereocenters. The maximum absolute atomic E-state index is 5.83. The van der Waals surface area contributed by atoms with Crippen LogP contribution in [-0.2, 0) is 0 Å². The largest absolute Gasteiger partial charge is 0.448 e. The molecule has 5 heteroatoms. The predicted molar refractivity (Wildman–Crippen MR) is 76.0 cm³/mol. The average Bonchev–Trinajstić information content (AvgIpc) is 2.82. The molecule has 2 heterocycles. The first kappa shape index (κ1) is 13.1. The maximum atomic E-state index is 5.83. The van der Waals surface area contributed by atoms with Gasteiger partial charge in [0.2, 0.25) is 0 Å². The molecular formula is C12H13BrClNOS. The van der Waals surface area contributed by atoms with E-state index in [-0.39, 0.29) is 6.04 Å². The highest BCUT2D eigenvalue weighted by molar-refractivity contribution is 9.10. The second-order valence-electron chi connectivity index (χ2n) is 3.70. The zero-order chi connectivity index (χ0) is 12.4. The van der Waals surface area contributed by atoms with Crippen LogP contribution in [0.3, 0.4) is 0 Å². The van der Waals surface area contributed by atoms with Gasteiger partial charge in [-0.15, -0.1) is 11.3 Å². The lowest BCUT2D eigenvalue weighted by atomic mass is 10.2. The van der Waals surface area contributed by atoms with Crippen LogP contribution in [-0.4, -0.2) is 6.54 Å². The van der Waals surface area contributed by atoms with Crippen molar-refractivity contribution < 1.29 is 4.42 Å². The highest BCUT2D eigenvalue weighted by Gasteiger charge is 2.21. The van der Waals surface area contributed by atoms with Crippen molar-refractivity contribution in [3.05, 3.63) is 43.4 Å². The number of rotatable bonds is 4. The molecule has 1 N–H and O–H groups in total. The van der Waals surface area contributed by atoms with Gasteiger partial charge in [0.1, 0.15) is 11.8 Å². The van der Waals surface area contributed by atoms with Crippen molar-refractivity contribution in [3.63, 3.8) is 0 Å². The zero-order valence-electron chi connectivity index (χ0n) is 9.59. The van der Waals surface area contributed by atoms with Crippen LogP contribution in [0.25, 0.3) is 0 Å². The van der Waals surface area contributed by atoms with E-state index in [0.29, 0.717) is 5.22 Å². The Morgan fingerprint density at radius 3 is 2.76 bits per heavy atom. The summed E-state index contributed by atoms with van der Waals surface area (Å²) in [5.74, 6) is 0.847. The summed E-state index contributed by atoms with van der Waals surface area (Å²) in [4.78, 5) is 2.49. The van der Waals surface area contributed by atoms with Crippen molar-refractivity contribution in [2.24, 2.45) is 0 Å². The van der Waals surface area contributed by atoms with E-state index in [1.807, 2.05) is 6.07 Å². The van der Waals surface area contributed by atoms with Crippen LogP contribution >= 0.6 is 38.9 Å². The molecule has 1 atom stereocenters. The SMILES string of the molecule is CCNC(c1ccc(Cl)o1)c1sc(C)cc1Br. The zero-order valence-corrected chi connectivity index (χ0v) is 12.7. The molecule has 0 saturated heterocycles. The smallest absolute Gasteiger partial charge is 0.193 e. The van der Waals surface area contributed by atoms with Crippen LogP contribution in [0.15, 0.2) is 27.1 Å². The summed E-state index contributed by atoms with van der Waals surface area (Å²) in [5, 5.41) is 3.83. The molecule has 17 heavy (non-hydrogen) atoms. The molecule has 0 aliphatic heterocycles. The van der Waals surface area contributed by atoms with Gasteiger partial charge in [-0.25, -0.2) is 0 Å². The van der Waals surface area contributed by atoms with Crippen LogP contribution in [0.1, 0.15) is 28.5 Å². The third kappa shape index (κ3) is 2.94. The van der Waals surface area contributed by atoms with Crippen molar-refractivity contribution >= 4 is 38.9 Å². The molecular weight excluding hydrogens is 322 g/mol. The monoisotopic (exact) mass is 333 g/mol. The van der Waals surface area contributed by atoms with E-state index >= 15 is 0 Å². The Morgan fingerprint density at radius 1 is 1.53 bits per heavy atom. The van der Waals surface area contributed by atoms with Gasteiger partial charge in [-0.1, -0.05) is 6.92 Å². The average molecular weight is 335 g/mol. The van der Waals surface area contributed by atoms with E-state index in [1.165, 1.54) is 9.75 Å². The number of halogens is 2. The molecule has 2 nitrogen and oxygen atoms in total. The Hall–Kier alpha value is -0.290. The number of hydrogen-bond acceptors (Lipinski definition) is 3. The summed E-state index contributed by atoms with van der Waals surface area (Å²) < 4.78 is 6.62. The van der Waals surface area contributed by atoms with Crippen LogP contribution in [0, 0.1) is 6.92 Å². The summed E-state index contributed by atoms with van der Waals surface area (Å²) in [6.07, 6.45) is 0. The fraction of sp³-hybridized carbons (Fsp3) is 0.333. The number of aryl methyl sites for hydroxylation is 1. The lowest BCUT2D eigenvalue weighted by Crippen LogP contribution is -2.20. The van der Waals surface area contributed by atoms with Gasteiger partial charge in [0.05, 0.1) is 0 Å². The first-order chi connectivity index (χ1) is 8.11. The Labute approximate surface area is 118 Å². The molecule has 0 fully saturated rings. The van der Waals surface area contributed by atoms with Crippen LogP contribution in [0.2, 0.25) is 5.22 Å². The van der Waals surface area contributed by atoms with Gasteiger partial charge in [-0.2, -0.15) is 0 Å². The Balaban J connectivity index is 2.38. The summed E-state index contributed by atoms with van der Waals surface area (Å²) in [7, 11) is 0. The second-order valence-corrected chi connectivity index (χ2v) is 6.22. The summed E-state index contributed by atoms with van der Waals surface area (Å²) >= 11 is 11.2. The lowest BCUT2D eigenvalue weighted by molar-refractivity contribution is 0.456. The molecule has 0 saturated carbocycles. The van der Waals surface area contributed by atoms with Crippen molar-refractivity contribution in [1.29, 1.82) is 0 Å². The Bertz CT molecular complexity index is 508. The van der Waals surface area contributed by atoms with E-state index in [1.54, 1.807) is 17.4 Å². The van der Waals surface area contributed by atoms with Gasteiger partial charge in [-0.05, 0) is 59.2 Å². The third-order valence-electron chi connectivity index (χ3n) is 2.39. The van der Waals surface area contributed by atoms with Gasteiger partial charge in [-0.3, -0.25) is 0 Å². The van der Waals surface area contributed by atoms with E-state index in [2.05, 4.69) is 41.2 Å². The second kappa shape index (κ2) is 5.57. The third-order valence-corrected chi connectivity index (χ3v) is 4.62. The molecule has 2 aromatic heterocycles. The predicted octanol–water partition coefficient (Wildman–Crippen LogP) is 4.76. The minimum atomic E-state index is 0.0561. The molecule has 2 rings (SSSR count). The van der Waals surface area contributed by atoms with Crippen LogP contribution in [0.5, 0.6) is 0 Å². The molecule has 0 spiro atoms. The number of thiophene rings is 1. The van der Waals surface area contributed by atoms with E-state index in [0.717, 1.165) is 16.8 Å². The van der Waals surface area contributed by atoms with Crippen molar-refractivity contribution in [3.8, 4) is 0 Å². The Morgan fingerprint density at radius 2 is 2.29 bits per heavy atom. The minimum Gasteiger partial charge on any atom is -0.448 e. The van der Waals surface area contributed by atoms with E-state index in [9.17, 15) is 0 Å². The molecule has 2 aromatic rings. The molecule has 92 valence electrons. The molecule has 0 aliphatic carbocycles. The number of hydrogen-bond donors (Lipinski definition) is 1. The molecule has 0 aliphatic rings. The lowest BCUT2D eigenvalue weighted by Gasteiger charge is -2.14. The fourth-order valence-corrected chi connectivity index (χ4v) is 3.82. The topological polar surface area (TPSA) is 25.2 Å². The van der Waals surface area contributed by atoms with Gasteiger partial charge < -0.3 is 9.73 Å². The van der Waals surface area contributed by atoms with E-state index in [4.69, 9.17) is 16.0 Å². The number of furan rings is 1. The maximum Gasteiger partial charge on any atom is 0.193 e. The van der Waals surface area contributed by atoms with E-state index < -0.39 is 0 Å². The summed E-state index contributed by atoms with van der Waals surface area (Å²) in [6.45, 7) is 5.04. The Kier molecular flexibility index (Phi) is 4.31. The quantitative estimate of drug-likeness (QED) is 0.871. The molecule has 0 bridgehead atoms.